The molecule has 3 aliphatic rings. The van der Waals surface area contributed by atoms with Gasteiger partial charge in [-0.1, -0.05) is 183 Å². The van der Waals surface area contributed by atoms with Crippen LogP contribution in [0.1, 0.15) is 48.1 Å². The van der Waals surface area contributed by atoms with Crippen molar-refractivity contribution in [2.75, 3.05) is 0 Å². The number of para-hydroxylation sites is 3. The topological polar surface area (TPSA) is 53.5 Å². The fraction of sp³-hybridized carbons (Fsp3) is 0.0779. The average Bonchev–Trinajstić information content (AvgIpc) is 1.83. The minimum absolute atomic E-state index is 0.00110. The molecule has 0 amide bonds. The molecule has 406 valence electrons. The molecule has 16 aromatic rings. The Morgan fingerprint density at radius 2 is 0.860 bits per heavy atom. The number of allylic oxidation sites excluding steroid dienone is 4. The Kier molecular flexibility index (Phi) is 10.3. The van der Waals surface area contributed by atoms with E-state index in [0.717, 1.165) is 94.1 Å². The minimum atomic E-state index is -0.00110. The smallest absolute Gasteiger partial charge is 0.241 e. The highest BCUT2D eigenvalue weighted by atomic mass is 32.2. The van der Waals surface area contributed by atoms with E-state index in [1.165, 1.54) is 62.3 Å². The van der Waals surface area contributed by atoms with Crippen molar-refractivity contribution in [2.45, 2.75) is 41.7 Å². The number of benzene rings is 10. The van der Waals surface area contributed by atoms with E-state index in [1.54, 1.807) is 0 Å². The first-order valence-electron chi connectivity index (χ1n) is 29.6. The van der Waals surface area contributed by atoms with Gasteiger partial charge >= 0.3 is 0 Å². The van der Waals surface area contributed by atoms with Crippen LogP contribution < -0.4 is 0 Å². The molecule has 0 spiro atoms. The van der Waals surface area contributed by atoms with Crippen molar-refractivity contribution in [3.8, 4) is 51.2 Å². The van der Waals surface area contributed by atoms with Crippen LogP contribution in [0.2, 0.25) is 0 Å². The third-order valence-corrected chi connectivity index (χ3v) is 22.4. The summed E-state index contributed by atoms with van der Waals surface area (Å²) >= 11 is 5.72. The van der Waals surface area contributed by atoms with Crippen molar-refractivity contribution < 1.29 is 0 Å². The van der Waals surface area contributed by atoms with Crippen molar-refractivity contribution in [3.05, 3.63) is 253 Å². The SMILES string of the molecule is CC1CC=Cc2sc3cc(-c4ccc5c6ccccc6n(-c6nc(-n7c8ccccc8c8ccc(-c9ccc%10c(c9)SC9(C)C=CC=CC%109)cc87)nc(-n7c8ccccc8c8ccc(-c9ccc%10c(c9)sc9ccccc9%10)cc87)n6)c5c4)ccc3c21. The van der Waals surface area contributed by atoms with E-state index in [-0.39, 0.29) is 4.75 Å². The molecule has 0 saturated heterocycles. The maximum absolute atomic E-state index is 5.76. The number of aromatic nitrogens is 6. The summed E-state index contributed by atoms with van der Waals surface area (Å²) in [5, 5.41) is 10.7. The largest absolute Gasteiger partial charge is 0.278 e. The predicted octanol–water partition coefficient (Wildman–Crippen LogP) is 21.3. The Bertz CT molecular complexity index is 5740. The van der Waals surface area contributed by atoms with Gasteiger partial charge in [-0.3, -0.25) is 13.7 Å². The van der Waals surface area contributed by atoms with Crippen LogP contribution in [0.5, 0.6) is 0 Å². The lowest BCUT2D eigenvalue weighted by Gasteiger charge is -2.27. The zero-order valence-electron chi connectivity index (χ0n) is 46.9. The summed E-state index contributed by atoms with van der Waals surface area (Å²) in [6.45, 7) is 4.72. The molecule has 0 radical (unpaired) electrons. The second-order valence-corrected chi connectivity index (χ2v) is 27.4. The van der Waals surface area contributed by atoms with Gasteiger partial charge in [-0.2, -0.15) is 15.0 Å². The van der Waals surface area contributed by atoms with E-state index in [0.29, 0.717) is 29.7 Å². The number of thioether (sulfide) groups is 1. The van der Waals surface area contributed by atoms with E-state index in [2.05, 4.69) is 270 Å². The minimum Gasteiger partial charge on any atom is -0.278 e. The summed E-state index contributed by atoms with van der Waals surface area (Å²) in [4.78, 5) is 20.0. The summed E-state index contributed by atoms with van der Waals surface area (Å²) < 4.78 is 10.7. The second kappa shape index (κ2) is 18.2. The van der Waals surface area contributed by atoms with Gasteiger partial charge in [0.25, 0.3) is 0 Å². The predicted molar refractivity (Wildman–Crippen MR) is 365 cm³/mol. The second-order valence-electron chi connectivity index (χ2n) is 23.7. The van der Waals surface area contributed by atoms with Gasteiger partial charge in [-0.15, -0.1) is 34.4 Å². The number of thiophene rings is 2. The van der Waals surface area contributed by atoms with Gasteiger partial charge < -0.3 is 0 Å². The summed E-state index contributed by atoms with van der Waals surface area (Å²) in [6.07, 6.45) is 14.8. The fourth-order valence-electron chi connectivity index (χ4n) is 14.6. The highest BCUT2D eigenvalue weighted by molar-refractivity contribution is 8.01. The highest BCUT2D eigenvalue weighted by Gasteiger charge is 2.41. The Labute approximate surface area is 507 Å². The van der Waals surface area contributed by atoms with Gasteiger partial charge in [0.15, 0.2) is 0 Å². The maximum atomic E-state index is 5.76. The van der Waals surface area contributed by atoms with E-state index < -0.39 is 0 Å². The van der Waals surface area contributed by atoms with E-state index >= 15 is 0 Å². The van der Waals surface area contributed by atoms with Crippen molar-refractivity contribution in [3.63, 3.8) is 0 Å². The molecule has 3 unspecified atom stereocenters. The highest BCUT2D eigenvalue weighted by Crippen LogP contribution is 2.56. The van der Waals surface area contributed by atoms with Crippen LogP contribution >= 0.6 is 34.4 Å². The van der Waals surface area contributed by atoms with Crippen molar-refractivity contribution in [2.24, 2.45) is 0 Å². The first-order valence-corrected chi connectivity index (χ1v) is 32.0. The van der Waals surface area contributed by atoms with Gasteiger partial charge in [0.2, 0.25) is 17.8 Å². The summed E-state index contributed by atoms with van der Waals surface area (Å²) in [6, 6.07) is 76.5. The van der Waals surface area contributed by atoms with Crippen LogP contribution in [0, 0.1) is 0 Å². The summed E-state index contributed by atoms with van der Waals surface area (Å²) in [5.74, 6) is 2.44. The number of nitrogens with zero attached hydrogens (tertiary/aromatic N) is 6. The van der Waals surface area contributed by atoms with E-state index in [1.807, 2.05) is 34.4 Å². The van der Waals surface area contributed by atoms with Gasteiger partial charge in [0, 0.05) is 77.6 Å². The molecule has 7 heterocycles. The van der Waals surface area contributed by atoms with Crippen molar-refractivity contribution >= 4 is 136 Å². The monoisotopic (exact) mass is 1150 g/mol. The van der Waals surface area contributed by atoms with Crippen LogP contribution in [-0.4, -0.2) is 33.4 Å². The zero-order chi connectivity index (χ0) is 56.5. The average molecular weight is 1160 g/mol. The molecule has 0 N–H and O–H groups in total. The van der Waals surface area contributed by atoms with Crippen LogP contribution in [0.3, 0.4) is 0 Å². The standard InChI is InChI=1S/C77H50N6S3/c1-44-14-13-24-69-73(44)60-36-30-49(42-71(60)85-69)46-26-32-55-52-16-4-8-21-63(52)82(66(55)39-46)75-78-74(81-62-20-7-3-15-51(62)54-31-25-45(38-65(54)81)48-28-34-58-57-18-6-10-23-68(57)84-70(58)41-48)79-76(80-75)83-64-22-9-5-17-53(64)56-33-27-47(40-67(56)83)50-29-35-59-61-19-11-12-37-77(61,2)86-72(59)43-50/h3-13,15-44,61H,14H2,1-2H3. The van der Waals surface area contributed by atoms with Crippen molar-refractivity contribution in [1.29, 1.82) is 0 Å². The molecular formula is C77H50N6S3. The first-order chi connectivity index (χ1) is 42.4. The van der Waals surface area contributed by atoms with Crippen LogP contribution in [0.4, 0.5) is 0 Å². The molecule has 86 heavy (non-hydrogen) atoms. The molecule has 3 atom stereocenters. The van der Waals surface area contributed by atoms with E-state index in [4.69, 9.17) is 15.0 Å². The quantitative estimate of drug-likeness (QED) is 0.166. The molecular weight excluding hydrogens is 1110 g/mol. The van der Waals surface area contributed by atoms with Crippen LogP contribution in [0.25, 0.3) is 153 Å². The molecule has 19 rings (SSSR count). The maximum Gasteiger partial charge on any atom is 0.241 e. The van der Waals surface area contributed by atoms with Gasteiger partial charge in [-0.05, 0) is 136 Å². The molecule has 10 aromatic carbocycles. The first kappa shape index (κ1) is 48.7. The van der Waals surface area contributed by atoms with Crippen LogP contribution in [-0.2, 0) is 0 Å². The lowest BCUT2D eigenvalue weighted by molar-refractivity contribution is 0.702. The molecule has 0 bridgehead atoms. The molecule has 9 heteroatoms. The Balaban J connectivity index is 0.861. The van der Waals surface area contributed by atoms with Gasteiger partial charge in [-0.25, -0.2) is 0 Å². The Hall–Kier alpha value is -9.64. The Morgan fingerprint density at radius 1 is 0.419 bits per heavy atom. The lowest BCUT2D eigenvalue weighted by Crippen LogP contribution is -2.22. The summed E-state index contributed by atoms with van der Waals surface area (Å²) in [5.41, 5.74) is 15.9. The Morgan fingerprint density at radius 3 is 1.43 bits per heavy atom. The van der Waals surface area contributed by atoms with Gasteiger partial charge in [0.1, 0.15) is 0 Å². The normalized spacial score (nSPS) is 17.2. The molecule has 2 aliphatic carbocycles. The van der Waals surface area contributed by atoms with Gasteiger partial charge in [0.05, 0.1) is 33.1 Å². The number of hydrogen-bond donors (Lipinski definition) is 0. The molecule has 0 saturated carbocycles. The number of rotatable bonds is 6. The lowest BCUT2D eigenvalue weighted by atomic mass is 9.83. The third kappa shape index (κ3) is 7.10. The third-order valence-electron chi connectivity index (χ3n) is 18.7. The number of fused-ring (bicyclic) bond motifs is 18. The van der Waals surface area contributed by atoms with E-state index in [9.17, 15) is 0 Å². The van der Waals surface area contributed by atoms with Crippen molar-refractivity contribution in [1.82, 2.24) is 28.7 Å². The fourth-order valence-corrected chi connectivity index (χ4v) is 18.5. The number of hydrogen-bond acceptors (Lipinski definition) is 6. The zero-order valence-corrected chi connectivity index (χ0v) is 49.3. The molecule has 0 fully saturated rings. The summed E-state index contributed by atoms with van der Waals surface area (Å²) in [7, 11) is 0. The molecule has 1 aliphatic heterocycles. The molecule has 6 nitrogen and oxygen atoms in total. The molecule has 6 aromatic heterocycles. The van der Waals surface area contributed by atoms with Crippen LogP contribution in [0.15, 0.2) is 242 Å².